The van der Waals surface area contributed by atoms with Crippen LogP contribution in [0.4, 0.5) is 11.4 Å². The second kappa shape index (κ2) is 8.29. The van der Waals surface area contributed by atoms with Gasteiger partial charge in [0.2, 0.25) is 5.91 Å². The number of thioether (sulfide) groups is 1. The van der Waals surface area contributed by atoms with Crippen molar-refractivity contribution >= 4 is 35.0 Å². The molecule has 0 atom stereocenters. The first-order chi connectivity index (χ1) is 11.9. The average molecular weight is 359 g/mol. The summed E-state index contributed by atoms with van der Waals surface area (Å²) in [7, 11) is 0. The van der Waals surface area contributed by atoms with Gasteiger partial charge in [0.1, 0.15) is 0 Å². The Morgan fingerprint density at radius 2 is 1.84 bits per heavy atom. The maximum Gasteiger partial charge on any atom is 0.273 e. The van der Waals surface area contributed by atoms with E-state index in [0.717, 1.165) is 4.90 Å². The molecule has 7 nitrogen and oxygen atoms in total. The largest absolute Gasteiger partial charge is 0.343 e. The topological polar surface area (TPSA) is 101 Å². The van der Waals surface area contributed by atoms with Crippen LogP contribution in [0.3, 0.4) is 0 Å². The van der Waals surface area contributed by atoms with E-state index in [9.17, 15) is 19.7 Å². The Balaban J connectivity index is 1.93. The highest BCUT2D eigenvalue weighted by atomic mass is 32.2. The normalized spacial score (nSPS) is 10.2. The molecule has 0 bridgehead atoms. The molecule has 0 aromatic heterocycles. The van der Waals surface area contributed by atoms with Gasteiger partial charge >= 0.3 is 0 Å². The van der Waals surface area contributed by atoms with Crippen molar-refractivity contribution in [3.8, 4) is 0 Å². The van der Waals surface area contributed by atoms with Gasteiger partial charge in [0.15, 0.2) is 0 Å². The number of aryl methyl sites for hydroxylation is 1. The van der Waals surface area contributed by atoms with Crippen molar-refractivity contribution in [2.24, 2.45) is 0 Å². The number of carbonyl (C=O) groups excluding carboxylic acids is 2. The van der Waals surface area contributed by atoms with E-state index in [-0.39, 0.29) is 23.7 Å². The molecule has 130 valence electrons. The molecular weight excluding hydrogens is 342 g/mol. The first-order valence-corrected chi connectivity index (χ1v) is 8.60. The molecule has 0 spiro atoms. The van der Waals surface area contributed by atoms with Crippen molar-refractivity contribution < 1.29 is 14.5 Å². The average Bonchev–Trinajstić information content (AvgIpc) is 2.60. The number of benzene rings is 2. The van der Waals surface area contributed by atoms with Gasteiger partial charge < -0.3 is 10.6 Å². The molecule has 25 heavy (non-hydrogen) atoms. The Morgan fingerprint density at radius 1 is 1.16 bits per heavy atom. The van der Waals surface area contributed by atoms with Crippen molar-refractivity contribution in [3.63, 3.8) is 0 Å². The first kappa shape index (κ1) is 18.5. The van der Waals surface area contributed by atoms with Crippen molar-refractivity contribution in [2.45, 2.75) is 11.8 Å². The number of amides is 2. The second-order valence-corrected chi connectivity index (χ2v) is 6.10. The summed E-state index contributed by atoms with van der Waals surface area (Å²) in [5.41, 5.74) is 1.09. The number of rotatable bonds is 6. The maximum atomic E-state index is 12.1. The second-order valence-electron chi connectivity index (χ2n) is 5.22. The van der Waals surface area contributed by atoms with E-state index in [1.54, 1.807) is 30.8 Å². The molecule has 2 aromatic rings. The molecular formula is C17H17N3O4S. The molecule has 0 aliphatic heterocycles. The number of nitro benzene ring substituents is 1. The van der Waals surface area contributed by atoms with Crippen molar-refractivity contribution in [2.75, 3.05) is 18.1 Å². The van der Waals surface area contributed by atoms with Crippen LogP contribution < -0.4 is 10.6 Å². The summed E-state index contributed by atoms with van der Waals surface area (Å²) in [6.45, 7) is 1.36. The summed E-state index contributed by atoms with van der Waals surface area (Å²) in [6.07, 6.45) is 1.96. The van der Waals surface area contributed by atoms with E-state index in [0.29, 0.717) is 11.3 Å². The van der Waals surface area contributed by atoms with E-state index in [2.05, 4.69) is 10.6 Å². The SMILES string of the molecule is CSc1ccc(NC(=O)CNC(=O)c2ccc(C)c([N+](=O)[O-])c2)cc1. The lowest BCUT2D eigenvalue weighted by Gasteiger charge is -2.08. The van der Waals surface area contributed by atoms with Gasteiger partial charge in [-0.15, -0.1) is 11.8 Å². The van der Waals surface area contributed by atoms with Crippen LogP contribution in [0, 0.1) is 17.0 Å². The van der Waals surface area contributed by atoms with Gasteiger partial charge in [0, 0.05) is 27.8 Å². The van der Waals surface area contributed by atoms with E-state index < -0.39 is 10.8 Å². The Kier molecular flexibility index (Phi) is 6.13. The smallest absolute Gasteiger partial charge is 0.273 e. The minimum absolute atomic E-state index is 0.133. The summed E-state index contributed by atoms with van der Waals surface area (Å²) in [4.78, 5) is 35.4. The zero-order valence-electron chi connectivity index (χ0n) is 13.7. The predicted molar refractivity (Wildman–Crippen MR) is 97.0 cm³/mol. The minimum Gasteiger partial charge on any atom is -0.343 e. The lowest BCUT2D eigenvalue weighted by atomic mass is 10.1. The zero-order chi connectivity index (χ0) is 18.4. The Hall–Kier alpha value is -2.87. The van der Waals surface area contributed by atoms with Crippen LogP contribution in [-0.4, -0.2) is 29.5 Å². The number of hydrogen-bond donors (Lipinski definition) is 2. The van der Waals surface area contributed by atoms with Gasteiger partial charge in [-0.25, -0.2) is 0 Å². The van der Waals surface area contributed by atoms with Gasteiger partial charge in [-0.05, 0) is 43.5 Å². The first-order valence-electron chi connectivity index (χ1n) is 7.38. The summed E-state index contributed by atoms with van der Waals surface area (Å²) < 4.78 is 0. The third-order valence-electron chi connectivity index (χ3n) is 3.45. The van der Waals surface area contributed by atoms with Gasteiger partial charge in [-0.2, -0.15) is 0 Å². The van der Waals surface area contributed by atoms with Crippen LogP contribution >= 0.6 is 11.8 Å². The molecule has 2 aromatic carbocycles. The number of nitro groups is 1. The third-order valence-corrected chi connectivity index (χ3v) is 4.19. The number of anilines is 1. The van der Waals surface area contributed by atoms with Gasteiger partial charge in [0.05, 0.1) is 11.5 Å². The van der Waals surface area contributed by atoms with E-state index in [4.69, 9.17) is 0 Å². The number of hydrogen-bond acceptors (Lipinski definition) is 5. The standard InChI is InChI=1S/C17H17N3O4S/c1-11-3-4-12(9-15(11)20(23)24)17(22)18-10-16(21)19-13-5-7-14(25-2)8-6-13/h3-9H,10H2,1-2H3,(H,18,22)(H,19,21). The highest BCUT2D eigenvalue weighted by Gasteiger charge is 2.15. The van der Waals surface area contributed by atoms with E-state index >= 15 is 0 Å². The Bertz CT molecular complexity index is 806. The van der Waals surface area contributed by atoms with Crippen LogP contribution in [-0.2, 0) is 4.79 Å². The fourth-order valence-corrected chi connectivity index (χ4v) is 2.50. The fourth-order valence-electron chi connectivity index (χ4n) is 2.09. The lowest BCUT2D eigenvalue weighted by Crippen LogP contribution is -2.32. The molecule has 2 rings (SSSR count). The van der Waals surface area contributed by atoms with E-state index in [1.165, 1.54) is 18.2 Å². The molecule has 0 saturated carbocycles. The fraction of sp³-hybridized carbons (Fsp3) is 0.176. The molecule has 0 aliphatic carbocycles. The number of nitrogens with one attached hydrogen (secondary N) is 2. The lowest BCUT2D eigenvalue weighted by molar-refractivity contribution is -0.385. The highest BCUT2D eigenvalue weighted by Crippen LogP contribution is 2.19. The molecule has 2 amide bonds. The molecule has 0 saturated heterocycles. The number of carbonyl (C=O) groups is 2. The summed E-state index contributed by atoms with van der Waals surface area (Å²) >= 11 is 1.59. The summed E-state index contributed by atoms with van der Waals surface area (Å²) in [5.74, 6) is -0.928. The quantitative estimate of drug-likeness (QED) is 0.469. The Morgan fingerprint density at radius 3 is 2.44 bits per heavy atom. The number of nitrogens with zero attached hydrogens (tertiary/aromatic N) is 1. The van der Waals surface area contributed by atoms with Crippen LogP contribution in [0.5, 0.6) is 0 Å². The van der Waals surface area contributed by atoms with Crippen LogP contribution in [0.1, 0.15) is 15.9 Å². The molecule has 2 N–H and O–H groups in total. The van der Waals surface area contributed by atoms with Crippen LogP contribution in [0.15, 0.2) is 47.4 Å². The van der Waals surface area contributed by atoms with Crippen molar-refractivity contribution in [3.05, 3.63) is 63.7 Å². The molecule has 0 unspecified atom stereocenters. The molecule has 0 heterocycles. The van der Waals surface area contributed by atoms with E-state index in [1.807, 2.05) is 18.4 Å². The molecule has 8 heteroatoms. The molecule has 0 fully saturated rings. The van der Waals surface area contributed by atoms with Crippen LogP contribution in [0.25, 0.3) is 0 Å². The maximum absolute atomic E-state index is 12.1. The molecule has 0 aliphatic rings. The van der Waals surface area contributed by atoms with Crippen LogP contribution in [0.2, 0.25) is 0 Å². The molecule has 0 radical (unpaired) electrons. The predicted octanol–water partition coefficient (Wildman–Crippen LogP) is 2.99. The summed E-state index contributed by atoms with van der Waals surface area (Å²) in [6, 6.07) is 11.5. The van der Waals surface area contributed by atoms with Gasteiger partial charge in [-0.3, -0.25) is 19.7 Å². The van der Waals surface area contributed by atoms with Crippen molar-refractivity contribution in [1.29, 1.82) is 0 Å². The highest BCUT2D eigenvalue weighted by molar-refractivity contribution is 7.98. The van der Waals surface area contributed by atoms with Crippen molar-refractivity contribution in [1.82, 2.24) is 5.32 Å². The summed E-state index contributed by atoms with van der Waals surface area (Å²) in [5, 5.41) is 16.0. The minimum atomic E-state index is -0.545. The van der Waals surface area contributed by atoms with Gasteiger partial charge in [0.25, 0.3) is 11.6 Å². The van der Waals surface area contributed by atoms with Gasteiger partial charge in [-0.1, -0.05) is 6.07 Å². The monoisotopic (exact) mass is 359 g/mol. The zero-order valence-corrected chi connectivity index (χ0v) is 14.6. The Labute approximate surface area is 149 Å². The third kappa shape index (κ3) is 5.05.